The van der Waals surface area contributed by atoms with Gasteiger partial charge >= 0.3 is 12.0 Å². The SMILES string of the molecule is CC(CCC(=O)O)CNC(=O)N(C)CC(=O)NC1CC1. The van der Waals surface area contributed by atoms with Crippen molar-refractivity contribution in [2.75, 3.05) is 20.1 Å². The van der Waals surface area contributed by atoms with E-state index in [1.165, 1.54) is 4.90 Å². The van der Waals surface area contributed by atoms with Crippen LogP contribution >= 0.6 is 0 Å². The van der Waals surface area contributed by atoms with Gasteiger partial charge in [-0.3, -0.25) is 9.59 Å². The molecular weight excluding hydrogens is 262 g/mol. The molecule has 1 atom stereocenters. The van der Waals surface area contributed by atoms with Crippen LogP contribution in [0.2, 0.25) is 0 Å². The highest BCUT2D eigenvalue weighted by Crippen LogP contribution is 2.18. The summed E-state index contributed by atoms with van der Waals surface area (Å²) in [5.41, 5.74) is 0. The molecule has 0 heterocycles. The number of carboxylic acids is 1. The molecule has 3 N–H and O–H groups in total. The molecule has 7 heteroatoms. The van der Waals surface area contributed by atoms with Crippen molar-refractivity contribution in [2.24, 2.45) is 5.92 Å². The van der Waals surface area contributed by atoms with Gasteiger partial charge in [0, 0.05) is 26.1 Å². The molecule has 0 radical (unpaired) electrons. The van der Waals surface area contributed by atoms with Gasteiger partial charge in [-0.05, 0) is 25.2 Å². The zero-order chi connectivity index (χ0) is 15.1. The molecule has 7 nitrogen and oxygen atoms in total. The monoisotopic (exact) mass is 285 g/mol. The van der Waals surface area contributed by atoms with E-state index >= 15 is 0 Å². The van der Waals surface area contributed by atoms with Crippen molar-refractivity contribution in [1.29, 1.82) is 0 Å². The molecule has 0 aliphatic heterocycles. The predicted molar refractivity (Wildman–Crippen MR) is 73.2 cm³/mol. The molecule has 1 rings (SSSR count). The first-order chi connectivity index (χ1) is 9.38. The highest BCUT2D eigenvalue weighted by atomic mass is 16.4. The number of carboxylic acid groups (broad SMARTS) is 1. The predicted octanol–water partition coefficient (Wildman–Crippen LogP) is 0.407. The third-order valence-corrected chi connectivity index (χ3v) is 3.12. The van der Waals surface area contributed by atoms with Crippen molar-refractivity contribution in [3.8, 4) is 0 Å². The number of urea groups is 1. The Labute approximate surface area is 118 Å². The maximum absolute atomic E-state index is 11.7. The molecule has 1 aliphatic carbocycles. The van der Waals surface area contributed by atoms with Crippen molar-refractivity contribution in [3.05, 3.63) is 0 Å². The third kappa shape index (κ3) is 6.96. The smallest absolute Gasteiger partial charge is 0.317 e. The van der Waals surface area contributed by atoms with Gasteiger partial charge in [0.25, 0.3) is 0 Å². The van der Waals surface area contributed by atoms with Gasteiger partial charge in [0.15, 0.2) is 0 Å². The van der Waals surface area contributed by atoms with Crippen LogP contribution in [0.5, 0.6) is 0 Å². The van der Waals surface area contributed by atoms with Crippen LogP contribution in [0.25, 0.3) is 0 Å². The highest BCUT2D eigenvalue weighted by Gasteiger charge is 2.24. The Morgan fingerprint density at radius 1 is 1.35 bits per heavy atom. The first-order valence-electron chi connectivity index (χ1n) is 6.88. The second kappa shape index (κ2) is 7.72. The zero-order valence-corrected chi connectivity index (χ0v) is 12.0. The van der Waals surface area contributed by atoms with E-state index < -0.39 is 5.97 Å². The molecule has 1 saturated carbocycles. The van der Waals surface area contributed by atoms with Gasteiger partial charge < -0.3 is 20.6 Å². The van der Waals surface area contributed by atoms with Crippen LogP contribution in [0.15, 0.2) is 0 Å². The Kier molecular flexibility index (Phi) is 6.27. The molecule has 0 bridgehead atoms. The average molecular weight is 285 g/mol. The molecule has 0 aromatic carbocycles. The topological polar surface area (TPSA) is 98.7 Å². The Balaban J connectivity index is 2.16. The number of rotatable bonds is 8. The van der Waals surface area contributed by atoms with Gasteiger partial charge in [-0.25, -0.2) is 4.79 Å². The van der Waals surface area contributed by atoms with Crippen LogP contribution in [0, 0.1) is 5.92 Å². The van der Waals surface area contributed by atoms with Crippen molar-refractivity contribution < 1.29 is 19.5 Å². The van der Waals surface area contributed by atoms with E-state index in [2.05, 4.69) is 10.6 Å². The summed E-state index contributed by atoms with van der Waals surface area (Å²) in [6, 6.07) is -0.0341. The average Bonchev–Trinajstić information content (AvgIpc) is 3.16. The first-order valence-corrected chi connectivity index (χ1v) is 6.88. The van der Waals surface area contributed by atoms with Crippen LogP contribution in [0.3, 0.4) is 0 Å². The fourth-order valence-electron chi connectivity index (χ4n) is 1.66. The number of hydrogen-bond acceptors (Lipinski definition) is 3. The lowest BCUT2D eigenvalue weighted by Gasteiger charge is -2.19. The summed E-state index contributed by atoms with van der Waals surface area (Å²) in [5, 5.41) is 14.1. The standard InChI is InChI=1S/C13H23N3O4/c1-9(3-6-12(18)19)7-14-13(20)16(2)8-11(17)15-10-4-5-10/h9-10H,3-8H2,1-2H3,(H,14,20)(H,15,17)(H,18,19). The molecule has 1 aliphatic rings. The van der Waals surface area contributed by atoms with Crippen molar-refractivity contribution >= 4 is 17.9 Å². The Hall–Kier alpha value is -1.79. The second-order valence-electron chi connectivity index (χ2n) is 5.42. The molecule has 1 unspecified atom stereocenters. The lowest BCUT2D eigenvalue weighted by Crippen LogP contribution is -2.44. The van der Waals surface area contributed by atoms with E-state index in [0.29, 0.717) is 13.0 Å². The van der Waals surface area contributed by atoms with Gasteiger partial charge in [0.2, 0.25) is 5.91 Å². The Bertz CT molecular complexity index is 369. The summed E-state index contributed by atoms with van der Waals surface area (Å²) in [6.07, 6.45) is 2.64. The van der Waals surface area contributed by atoms with E-state index in [1.807, 2.05) is 6.92 Å². The Morgan fingerprint density at radius 3 is 2.55 bits per heavy atom. The number of carbonyl (C=O) groups is 3. The maximum atomic E-state index is 11.7. The van der Waals surface area contributed by atoms with Crippen molar-refractivity contribution in [3.63, 3.8) is 0 Å². The molecule has 20 heavy (non-hydrogen) atoms. The Morgan fingerprint density at radius 2 is 2.00 bits per heavy atom. The fourth-order valence-corrected chi connectivity index (χ4v) is 1.66. The number of likely N-dealkylation sites (N-methyl/N-ethyl adjacent to an activating group) is 1. The van der Waals surface area contributed by atoms with Gasteiger partial charge in [-0.2, -0.15) is 0 Å². The van der Waals surface area contributed by atoms with Crippen LogP contribution in [-0.4, -0.2) is 54.1 Å². The van der Waals surface area contributed by atoms with E-state index in [1.54, 1.807) is 7.05 Å². The molecule has 1 fully saturated rings. The maximum Gasteiger partial charge on any atom is 0.317 e. The second-order valence-corrected chi connectivity index (χ2v) is 5.42. The van der Waals surface area contributed by atoms with Crippen LogP contribution < -0.4 is 10.6 Å². The molecule has 0 aromatic heterocycles. The zero-order valence-electron chi connectivity index (χ0n) is 12.0. The minimum absolute atomic E-state index is 0.0336. The molecule has 0 saturated heterocycles. The molecule has 0 spiro atoms. The summed E-state index contributed by atoms with van der Waals surface area (Å²) < 4.78 is 0. The summed E-state index contributed by atoms with van der Waals surface area (Å²) in [5.74, 6) is -0.898. The van der Waals surface area contributed by atoms with Crippen molar-refractivity contribution in [2.45, 2.75) is 38.6 Å². The minimum Gasteiger partial charge on any atom is -0.481 e. The van der Waals surface area contributed by atoms with Gasteiger partial charge in [-0.1, -0.05) is 6.92 Å². The van der Waals surface area contributed by atoms with Crippen LogP contribution in [0.4, 0.5) is 4.79 Å². The van der Waals surface area contributed by atoms with Crippen LogP contribution in [-0.2, 0) is 9.59 Å². The van der Waals surface area contributed by atoms with Crippen LogP contribution in [0.1, 0.15) is 32.6 Å². The first kappa shape index (κ1) is 16.3. The largest absolute Gasteiger partial charge is 0.481 e. The quantitative estimate of drug-likeness (QED) is 0.601. The fraction of sp³-hybridized carbons (Fsp3) is 0.769. The summed E-state index contributed by atoms with van der Waals surface area (Å²) in [4.78, 5) is 35.0. The van der Waals surface area contributed by atoms with Crippen molar-refractivity contribution in [1.82, 2.24) is 15.5 Å². The summed E-state index contributed by atoms with van der Waals surface area (Å²) >= 11 is 0. The van der Waals surface area contributed by atoms with Gasteiger partial charge in [0.1, 0.15) is 6.54 Å². The third-order valence-electron chi connectivity index (χ3n) is 3.12. The lowest BCUT2D eigenvalue weighted by molar-refractivity contribution is -0.137. The van der Waals surface area contributed by atoms with E-state index in [0.717, 1.165) is 12.8 Å². The van der Waals surface area contributed by atoms with E-state index in [4.69, 9.17) is 5.11 Å². The highest BCUT2D eigenvalue weighted by molar-refractivity contribution is 5.84. The molecule has 3 amide bonds. The number of carbonyl (C=O) groups excluding carboxylic acids is 2. The summed E-state index contributed by atoms with van der Waals surface area (Å²) in [7, 11) is 1.56. The molecule has 114 valence electrons. The number of aliphatic carboxylic acids is 1. The van der Waals surface area contributed by atoms with E-state index in [9.17, 15) is 14.4 Å². The number of nitrogens with one attached hydrogen (secondary N) is 2. The normalized spacial score (nSPS) is 15.3. The van der Waals surface area contributed by atoms with Gasteiger partial charge in [-0.15, -0.1) is 0 Å². The number of nitrogens with zero attached hydrogens (tertiary/aromatic N) is 1. The lowest BCUT2D eigenvalue weighted by atomic mass is 10.1. The summed E-state index contributed by atoms with van der Waals surface area (Å²) in [6.45, 7) is 2.32. The number of amides is 3. The molecular formula is C13H23N3O4. The molecule has 0 aromatic rings. The van der Waals surface area contributed by atoms with E-state index in [-0.39, 0.29) is 36.9 Å². The van der Waals surface area contributed by atoms with Gasteiger partial charge in [0.05, 0.1) is 0 Å². The number of hydrogen-bond donors (Lipinski definition) is 3. The minimum atomic E-state index is -0.836.